The molecule has 1 N–H and O–H groups in total. The van der Waals surface area contributed by atoms with Gasteiger partial charge in [0.1, 0.15) is 6.29 Å². The average Bonchev–Trinajstić information content (AvgIpc) is 2.17. The molecule has 0 atom stereocenters. The van der Waals surface area contributed by atoms with Crippen molar-refractivity contribution in [1.82, 2.24) is 0 Å². The van der Waals surface area contributed by atoms with E-state index in [1.807, 2.05) is 0 Å². The fraction of sp³-hybridized carbons (Fsp3) is 0.929. The third-order valence-corrected chi connectivity index (χ3v) is 2.66. The lowest BCUT2D eigenvalue weighted by Crippen LogP contribution is -2.10. The number of unbranched alkanes of at least 4 members (excludes halogenated alkanes) is 1. The van der Waals surface area contributed by atoms with Gasteiger partial charge < -0.3 is 9.90 Å². The fourth-order valence-electron chi connectivity index (χ4n) is 1.97. The summed E-state index contributed by atoms with van der Waals surface area (Å²) >= 11 is 0. The van der Waals surface area contributed by atoms with Gasteiger partial charge >= 0.3 is 0 Å². The standard InChI is InChI=1S/C10H18O.C4H10O/c11-9-5-4-8-10-6-2-1-3-7-10;1-4(2,3)5/h9-10H,1-8H2;5H,1-3H3. The van der Waals surface area contributed by atoms with Gasteiger partial charge in [-0.15, -0.1) is 0 Å². The maximum absolute atomic E-state index is 10.0. The van der Waals surface area contributed by atoms with E-state index in [0.29, 0.717) is 0 Å². The highest BCUT2D eigenvalue weighted by Gasteiger charge is 2.11. The Balaban J connectivity index is 0.000000385. The van der Waals surface area contributed by atoms with Crippen LogP contribution in [0.5, 0.6) is 0 Å². The normalized spacial score (nSPS) is 17.5. The minimum Gasteiger partial charge on any atom is -0.391 e. The van der Waals surface area contributed by atoms with Crippen LogP contribution in [0.15, 0.2) is 0 Å². The average molecular weight is 228 g/mol. The van der Waals surface area contributed by atoms with Gasteiger partial charge in [-0.05, 0) is 33.1 Å². The molecule has 1 saturated carbocycles. The van der Waals surface area contributed by atoms with Crippen LogP contribution in [-0.2, 0) is 4.79 Å². The van der Waals surface area contributed by atoms with Crippen LogP contribution in [0.3, 0.4) is 0 Å². The minimum absolute atomic E-state index is 0.500. The van der Waals surface area contributed by atoms with Gasteiger partial charge in [0.15, 0.2) is 0 Å². The van der Waals surface area contributed by atoms with Gasteiger partial charge in [0.05, 0.1) is 5.60 Å². The molecule has 1 aliphatic carbocycles. The maximum atomic E-state index is 10.0. The second kappa shape index (κ2) is 8.74. The number of aldehydes is 1. The summed E-state index contributed by atoms with van der Waals surface area (Å²) < 4.78 is 0. The lowest BCUT2D eigenvalue weighted by atomic mass is 9.86. The fourth-order valence-corrected chi connectivity index (χ4v) is 1.97. The summed E-state index contributed by atoms with van der Waals surface area (Å²) in [5, 5.41) is 8.52. The predicted octanol–water partition coefficient (Wildman–Crippen LogP) is 3.71. The maximum Gasteiger partial charge on any atom is 0.119 e. The second-order valence-electron chi connectivity index (χ2n) is 5.77. The Kier molecular flexibility index (Phi) is 8.54. The van der Waals surface area contributed by atoms with Gasteiger partial charge in [-0.2, -0.15) is 0 Å². The van der Waals surface area contributed by atoms with E-state index in [4.69, 9.17) is 5.11 Å². The minimum atomic E-state index is -0.500. The summed E-state index contributed by atoms with van der Waals surface area (Å²) in [4.78, 5) is 10.0. The van der Waals surface area contributed by atoms with Crippen molar-refractivity contribution in [2.24, 2.45) is 5.92 Å². The van der Waals surface area contributed by atoms with Crippen molar-refractivity contribution in [2.75, 3.05) is 0 Å². The molecule has 0 aromatic rings. The molecule has 0 spiro atoms. The number of carbonyl (C=O) groups excluding carboxylic acids is 1. The molecular formula is C14H28O2. The molecule has 2 heteroatoms. The number of carbonyl (C=O) groups is 1. The van der Waals surface area contributed by atoms with Gasteiger partial charge in [0, 0.05) is 6.42 Å². The number of hydrogen-bond donors (Lipinski definition) is 1. The first-order valence-electron chi connectivity index (χ1n) is 6.59. The molecule has 1 fully saturated rings. The van der Waals surface area contributed by atoms with Crippen molar-refractivity contribution in [3.05, 3.63) is 0 Å². The van der Waals surface area contributed by atoms with Crippen LogP contribution in [0.25, 0.3) is 0 Å². The molecule has 16 heavy (non-hydrogen) atoms. The molecular weight excluding hydrogens is 200 g/mol. The lowest BCUT2D eigenvalue weighted by molar-refractivity contribution is -0.108. The van der Waals surface area contributed by atoms with Gasteiger partial charge in [0.25, 0.3) is 0 Å². The van der Waals surface area contributed by atoms with Gasteiger partial charge in [-0.1, -0.05) is 38.5 Å². The summed E-state index contributed by atoms with van der Waals surface area (Å²) in [5.74, 6) is 0.948. The van der Waals surface area contributed by atoms with E-state index >= 15 is 0 Å². The molecule has 0 saturated heterocycles. The zero-order valence-corrected chi connectivity index (χ0v) is 11.2. The summed E-state index contributed by atoms with van der Waals surface area (Å²) in [6.45, 7) is 5.23. The molecule has 0 aliphatic heterocycles. The van der Waals surface area contributed by atoms with Crippen molar-refractivity contribution in [3.8, 4) is 0 Å². The lowest BCUT2D eigenvalue weighted by Gasteiger charge is -2.20. The summed E-state index contributed by atoms with van der Waals surface area (Å²) in [7, 11) is 0. The zero-order valence-electron chi connectivity index (χ0n) is 11.2. The Hall–Kier alpha value is -0.370. The highest BCUT2D eigenvalue weighted by atomic mass is 16.3. The molecule has 1 rings (SSSR count). The monoisotopic (exact) mass is 228 g/mol. The molecule has 2 nitrogen and oxygen atoms in total. The summed E-state index contributed by atoms with van der Waals surface area (Å²) in [6, 6.07) is 0. The summed E-state index contributed by atoms with van der Waals surface area (Å²) in [6.07, 6.45) is 11.3. The largest absolute Gasteiger partial charge is 0.391 e. The first-order chi connectivity index (χ1) is 7.43. The summed E-state index contributed by atoms with van der Waals surface area (Å²) in [5.41, 5.74) is -0.500. The van der Waals surface area contributed by atoms with Crippen LogP contribution < -0.4 is 0 Å². The van der Waals surface area contributed by atoms with Crippen molar-refractivity contribution >= 4 is 6.29 Å². The molecule has 0 heterocycles. The third kappa shape index (κ3) is 13.6. The number of rotatable bonds is 4. The van der Waals surface area contributed by atoms with E-state index in [9.17, 15) is 4.79 Å². The Labute approximate surface area is 100 Å². The van der Waals surface area contributed by atoms with Crippen LogP contribution in [-0.4, -0.2) is 17.0 Å². The topological polar surface area (TPSA) is 37.3 Å². The Morgan fingerprint density at radius 1 is 1.19 bits per heavy atom. The van der Waals surface area contributed by atoms with E-state index in [-0.39, 0.29) is 0 Å². The van der Waals surface area contributed by atoms with Crippen LogP contribution in [0.2, 0.25) is 0 Å². The Bertz CT molecular complexity index is 158. The first kappa shape index (κ1) is 15.6. The van der Waals surface area contributed by atoms with Crippen LogP contribution >= 0.6 is 0 Å². The van der Waals surface area contributed by atoms with Crippen molar-refractivity contribution in [1.29, 1.82) is 0 Å². The quantitative estimate of drug-likeness (QED) is 0.588. The molecule has 96 valence electrons. The second-order valence-corrected chi connectivity index (χ2v) is 5.77. The number of aliphatic hydroxyl groups is 1. The molecule has 0 amide bonds. The van der Waals surface area contributed by atoms with E-state index in [0.717, 1.165) is 25.0 Å². The van der Waals surface area contributed by atoms with Crippen LogP contribution in [0, 0.1) is 5.92 Å². The molecule has 0 unspecified atom stereocenters. The Morgan fingerprint density at radius 2 is 1.69 bits per heavy atom. The van der Waals surface area contributed by atoms with E-state index in [2.05, 4.69) is 0 Å². The molecule has 0 aromatic heterocycles. The van der Waals surface area contributed by atoms with E-state index in [1.165, 1.54) is 38.5 Å². The first-order valence-corrected chi connectivity index (χ1v) is 6.59. The van der Waals surface area contributed by atoms with Crippen LogP contribution in [0.4, 0.5) is 0 Å². The van der Waals surface area contributed by atoms with Crippen LogP contribution in [0.1, 0.15) is 72.1 Å². The van der Waals surface area contributed by atoms with Crippen molar-refractivity contribution in [3.63, 3.8) is 0 Å². The highest BCUT2D eigenvalue weighted by molar-refractivity contribution is 5.48. The zero-order chi connectivity index (χ0) is 12.4. The predicted molar refractivity (Wildman–Crippen MR) is 68.5 cm³/mol. The molecule has 0 bridgehead atoms. The van der Waals surface area contributed by atoms with Gasteiger partial charge in [-0.25, -0.2) is 0 Å². The molecule has 0 aromatic carbocycles. The van der Waals surface area contributed by atoms with Gasteiger partial charge in [0.2, 0.25) is 0 Å². The highest BCUT2D eigenvalue weighted by Crippen LogP contribution is 2.27. The molecule has 1 aliphatic rings. The van der Waals surface area contributed by atoms with E-state index in [1.54, 1.807) is 20.8 Å². The van der Waals surface area contributed by atoms with Gasteiger partial charge in [-0.3, -0.25) is 0 Å². The third-order valence-electron chi connectivity index (χ3n) is 2.66. The number of hydrogen-bond acceptors (Lipinski definition) is 2. The Morgan fingerprint density at radius 3 is 2.12 bits per heavy atom. The molecule has 0 radical (unpaired) electrons. The van der Waals surface area contributed by atoms with Crippen molar-refractivity contribution in [2.45, 2.75) is 77.7 Å². The van der Waals surface area contributed by atoms with E-state index < -0.39 is 5.60 Å². The SMILES string of the molecule is CC(C)(C)O.O=CCCCC1CCCCC1. The smallest absolute Gasteiger partial charge is 0.119 e. The van der Waals surface area contributed by atoms with Crippen molar-refractivity contribution < 1.29 is 9.90 Å².